The molecule has 1 saturated heterocycles. The normalized spacial score (nSPS) is 19.3. The van der Waals surface area contributed by atoms with Crippen molar-refractivity contribution in [3.63, 3.8) is 0 Å². The number of nitrogens with one attached hydrogen (secondary N) is 1. The minimum Gasteiger partial charge on any atom is -0.467 e. The fourth-order valence-corrected chi connectivity index (χ4v) is 2.55. The van der Waals surface area contributed by atoms with Crippen LogP contribution in [-0.4, -0.2) is 49.7 Å². The second-order valence-electron chi connectivity index (χ2n) is 5.91. The summed E-state index contributed by atoms with van der Waals surface area (Å²) >= 11 is 0. The first-order valence-electron chi connectivity index (χ1n) is 7.82. The van der Waals surface area contributed by atoms with Crippen LogP contribution in [0.3, 0.4) is 0 Å². The Morgan fingerprint density at radius 2 is 2.00 bits per heavy atom. The molecule has 1 aromatic rings. The highest BCUT2D eigenvalue weighted by molar-refractivity contribution is 5.83. The number of rotatable bonds is 4. The second-order valence-corrected chi connectivity index (χ2v) is 5.91. The minimum absolute atomic E-state index is 0.0441. The van der Waals surface area contributed by atoms with E-state index >= 15 is 0 Å². The highest BCUT2D eigenvalue weighted by Crippen LogP contribution is 2.22. The van der Waals surface area contributed by atoms with Crippen LogP contribution >= 0.6 is 0 Å². The first-order chi connectivity index (χ1) is 11.0. The van der Waals surface area contributed by atoms with Crippen LogP contribution in [0.5, 0.6) is 0 Å². The summed E-state index contributed by atoms with van der Waals surface area (Å²) < 4.78 is 10.5. The topological polar surface area (TPSA) is 67.9 Å². The Hall–Kier alpha value is -2.08. The molecule has 6 nitrogen and oxygen atoms in total. The van der Waals surface area contributed by atoms with Crippen molar-refractivity contribution < 1.29 is 19.1 Å². The van der Waals surface area contributed by atoms with Crippen molar-refractivity contribution in [2.75, 3.05) is 26.8 Å². The quantitative estimate of drug-likeness (QED) is 0.861. The molecule has 1 unspecified atom stereocenters. The van der Waals surface area contributed by atoms with Crippen molar-refractivity contribution >= 4 is 12.0 Å². The van der Waals surface area contributed by atoms with Gasteiger partial charge >= 0.3 is 12.0 Å². The molecule has 1 aromatic carbocycles. The fraction of sp³-hybridized carbons (Fsp3) is 0.529. The lowest BCUT2D eigenvalue weighted by Crippen LogP contribution is -2.53. The van der Waals surface area contributed by atoms with Crippen LogP contribution in [0.15, 0.2) is 30.3 Å². The van der Waals surface area contributed by atoms with Gasteiger partial charge in [-0.2, -0.15) is 0 Å². The molecule has 6 heteroatoms. The average molecular weight is 320 g/mol. The molecule has 2 rings (SSSR count). The number of esters is 1. The van der Waals surface area contributed by atoms with Crippen LogP contribution in [0.2, 0.25) is 0 Å². The molecule has 1 heterocycles. The molecule has 0 spiro atoms. The van der Waals surface area contributed by atoms with E-state index in [0.717, 1.165) is 5.56 Å². The Morgan fingerprint density at radius 3 is 2.61 bits per heavy atom. The molecule has 2 amide bonds. The third kappa shape index (κ3) is 4.45. The molecular formula is C17H24N2O4. The lowest BCUT2D eigenvalue weighted by molar-refractivity contribution is -0.144. The van der Waals surface area contributed by atoms with Gasteiger partial charge in [-0.05, 0) is 11.5 Å². The van der Waals surface area contributed by atoms with Crippen molar-refractivity contribution in [2.24, 2.45) is 5.92 Å². The van der Waals surface area contributed by atoms with Gasteiger partial charge in [0, 0.05) is 6.54 Å². The van der Waals surface area contributed by atoms with Gasteiger partial charge in [0.2, 0.25) is 0 Å². The summed E-state index contributed by atoms with van der Waals surface area (Å²) in [5.41, 5.74) is 1.04. The van der Waals surface area contributed by atoms with E-state index in [9.17, 15) is 9.59 Å². The number of carbonyl (C=O) groups excluding carboxylic acids is 2. The Kier molecular flexibility index (Phi) is 5.98. The van der Waals surface area contributed by atoms with Crippen LogP contribution in [0.4, 0.5) is 4.79 Å². The van der Waals surface area contributed by atoms with Crippen molar-refractivity contribution in [1.29, 1.82) is 0 Å². The van der Waals surface area contributed by atoms with E-state index in [0.29, 0.717) is 19.7 Å². The van der Waals surface area contributed by atoms with E-state index in [-0.39, 0.29) is 18.1 Å². The maximum Gasteiger partial charge on any atom is 0.328 e. The SMILES string of the molecule is COC(=O)[C@@H](NC(=O)N1CCOC(c2ccccc2)C1)C(C)C. The third-order valence-electron chi connectivity index (χ3n) is 3.93. The van der Waals surface area contributed by atoms with E-state index in [1.54, 1.807) is 4.90 Å². The number of methoxy groups -OCH3 is 1. The van der Waals surface area contributed by atoms with Crippen molar-refractivity contribution in [3.8, 4) is 0 Å². The predicted molar refractivity (Wildman–Crippen MR) is 85.9 cm³/mol. The first-order valence-corrected chi connectivity index (χ1v) is 7.82. The highest BCUT2D eigenvalue weighted by Gasteiger charge is 2.30. The summed E-state index contributed by atoms with van der Waals surface area (Å²) in [4.78, 5) is 25.9. The van der Waals surface area contributed by atoms with Crippen molar-refractivity contribution in [2.45, 2.75) is 26.0 Å². The van der Waals surface area contributed by atoms with E-state index in [1.807, 2.05) is 44.2 Å². The van der Waals surface area contributed by atoms with Crippen LogP contribution in [-0.2, 0) is 14.3 Å². The van der Waals surface area contributed by atoms with Gasteiger partial charge < -0.3 is 19.7 Å². The number of hydrogen-bond donors (Lipinski definition) is 1. The lowest BCUT2D eigenvalue weighted by atomic mass is 10.0. The lowest BCUT2D eigenvalue weighted by Gasteiger charge is -2.34. The number of urea groups is 1. The Bertz CT molecular complexity index is 533. The van der Waals surface area contributed by atoms with Crippen LogP contribution in [0.1, 0.15) is 25.5 Å². The molecule has 0 aliphatic carbocycles. The molecule has 2 atom stereocenters. The molecule has 23 heavy (non-hydrogen) atoms. The van der Waals surface area contributed by atoms with Gasteiger partial charge in [0.05, 0.1) is 20.3 Å². The van der Waals surface area contributed by atoms with E-state index in [2.05, 4.69) is 5.32 Å². The van der Waals surface area contributed by atoms with Gasteiger partial charge in [-0.15, -0.1) is 0 Å². The van der Waals surface area contributed by atoms with Crippen LogP contribution < -0.4 is 5.32 Å². The number of carbonyl (C=O) groups is 2. The Balaban J connectivity index is 2.00. The molecule has 1 fully saturated rings. The van der Waals surface area contributed by atoms with Gasteiger partial charge in [0.25, 0.3) is 0 Å². The summed E-state index contributed by atoms with van der Waals surface area (Å²) in [5, 5.41) is 2.77. The number of benzene rings is 1. The number of ether oxygens (including phenoxy) is 2. The monoisotopic (exact) mass is 320 g/mol. The molecule has 0 radical (unpaired) electrons. The summed E-state index contributed by atoms with van der Waals surface area (Å²) in [5.74, 6) is -0.474. The molecule has 126 valence electrons. The number of hydrogen-bond acceptors (Lipinski definition) is 4. The first kappa shape index (κ1) is 17.3. The maximum atomic E-state index is 12.5. The Morgan fingerprint density at radius 1 is 1.30 bits per heavy atom. The average Bonchev–Trinajstić information content (AvgIpc) is 2.59. The number of amides is 2. The summed E-state index contributed by atoms with van der Waals surface area (Å²) in [6.45, 7) is 5.17. The van der Waals surface area contributed by atoms with Crippen molar-refractivity contribution in [3.05, 3.63) is 35.9 Å². The third-order valence-corrected chi connectivity index (χ3v) is 3.93. The molecule has 1 aliphatic heterocycles. The van der Waals surface area contributed by atoms with Gasteiger partial charge in [-0.3, -0.25) is 0 Å². The summed E-state index contributed by atoms with van der Waals surface area (Å²) in [6, 6.07) is 8.90. The van der Waals surface area contributed by atoms with Gasteiger partial charge in [0.15, 0.2) is 0 Å². The highest BCUT2D eigenvalue weighted by atomic mass is 16.5. The van der Waals surface area contributed by atoms with Crippen LogP contribution in [0.25, 0.3) is 0 Å². The maximum absolute atomic E-state index is 12.5. The largest absolute Gasteiger partial charge is 0.467 e. The molecule has 1 N–H and O–H groups in total. The second kappa shape index (κ2) is 7.97. The van der Waals surface area contributed by atoms with Crippen molar-refractivity contribution in [1.82, 2.24) is 10.2 Å². The minimum atomic E-state index is -0.648. The zero-order valence-electron chi connectivity index (χ0n) is 13.8. The van der Waals surface area contributed by atoms with Gasteiger partial charge in [-0.1, -0.05) is 44.2 Å². The van der Waals surface area contributed by atoms with E-state index < -0.39 is 12.0 Å². The van der Waals surface area contributed by atoms with E-state index in [1.165, 1.54) is 7.11 Å². The van der Waals surface area contributed by atoms with Gasteiger partial charge in [0.1, 0.15) is 12.1 Å². The molecule has 0 aromatic heterocycles. The Labute approximate surface area is 136 Å². The molecule has 1 aliphatic rings. The molecular weight excluding hydrogens is 296 g/mol. The zero-order valence-corrected chi connectivity index (χ0v) is 13.8. The molecule has 0 bridgehead atoms. The fourth-order valence-electron chi connectivity index (χ4n) is 2.55. The zero-order chi connectivity index (χ0) is 16.8. The number of morpholine rings is 1. The standard InChI is InChI=1S/C17H24N2O4/c1-12(2)15(16(20)22-3)18-17(21)19-9-10-23-14(11-19)13-7-5-4-6-8-13/h4-8,12,14-15H,9-11H2,1-3H3,(H,18,21)/t14?,15-/m0/s1. The summed E-state index contributed by atoms with van der Waals surface area (Å²) in [7, 11) is 1.32. The summed E-state index contributed by atoms with van der Waals surface area (Å²) in [6.07, 6.45) is -0.147. The van der Waals surface area contributed by atoms with Crippen LogP contribution in [0, 0.1) is 5.92 Å². The molecule has 0 saturated carbocycles. The number of nitrogens with zero attached hydrogens (tertiary/aromatic N) is 1. The van der Waals surface area contributed by atoms with E-state index in [4.69, 9.17) is 9.47 Å². The smallest absolute Gasteiger partial charge is 0.328 e. The van der Waals surface area contributed by atoms with Gasteiger partial charge in [-0.25, -0.2) is 9.59 Å². The predicted octanol–water partition coefficient (Wildman–Crippen LogP) is 1.97.